The summed E-state index contributed by atoms with van der Waals surface area (Å²) in [7, 11) is 2.04. The molecule has 13 heteroatoms. The van der Waals surface area contributed by atoms with Crippen molar-refractivity contribution in [1.29, 1.82) is 0 Å². The highest BCUT2D eigenvalue weighted by atomic mass is 35.5. The van der Waals surface area contributed by atoms with Gasteiger partial charge in [0.15, 0.2) is 0 Å². The van der Waals surface area contributed by atoms with E-state index < -0.39 is 29.0 Å². The van der Waals surface area contributed by atoms with Gasteiger partial charge in [-0.1, -0.05) is 11.6 Å². The first kappa shape index (κ1) is 27.2. The van der Waals surface area contributed by atoms with E-state index in [1.165, 1.54) is 24.3 Å². The number of anilines is 2. The summed E-state index contributed by atoms with van der Waals surface area (Å²) in [5.74, 6) is -2.16. The molecule has 0 bridgehead atoms. The van der Waals surface area contributed by atoms with Crippen LogP contribution < -0.4 is 21.1 Å². The zero-order valence-corrected chi connectivity index (χ0v) is 22.1. The lowest BCUT2D eigenvalue weighted by Crippen LogP contribution is -2.45. The molecule has 10 nitrogen and oxygen atoms in total. The first-order valence-electron chi connectivity index (χ1n) is 12.3. The van der Waals surface area contributed by atoms with Gasteiger partial charge in [-0.05, 0) is 49.5 Å². The van der Waals surface area contributed by atoms with Gasteiger partial charge in [-0.2, -0.15) is 4.98 Å². The fraction of sp³-hybridized carbons (Fsp3) is 0.222. The molecule has 206 valence electrons. The van der Waals surface area contributed by atoms with Gasteiger partial charge in [-0.25, -0.2) is 13.8 Å². The molecule has 4 aromatic rings. The second-order valence-electron chi connectivity index (χ2n) is 9.34. The molecule has 0 spiro atoms. The van der Waals surface area contributed by atoms with Crippen LogP contribution in [0.25, 0.3) is 11.0 Å². The van der Waals surface area contributed by atoms with Gasteiger partial charge < -0.3 is 25.4 Å². The number of aromatic nitrogens is 3. The molecule has 2 aromatic heterocycles. The number of halogens is 3. The van der Waals surface area contributed by atoms with Gasteiger partial charge >= 0.3 is 0 Å². The van der Waals surface area contributed by atoms with E-state index in [2.05, 4.69) is 30.5 Å². The number of piperazine rings is 1. The molecule has 0 atom stereocenters. The average Bonchev–Trinajstić information content (AvgIpc) is 2.94. The molecule has 3 heterocycles. The lowest BCUT2D eigenvalue weighted by molar-refractivity contribution is 0.0949. The number of fused-ring (bicyclic) bond motifs is 1. The molecule has 0 radical (unpaired) electrons. The molecule has 0 saturated carbocycles. The zero-order chi connectivity index (χ0) is 28.4. The standard InChI is InChI=1S/C27H24ClF2N7O3/c1-36-6-8-37(9-7-36)27-32-14-17-11-19(26(40)34-23(17)35-27)25(39)33-22-12-15(2-4-20(22)28)24(38)31-13-16-10-18(29)3-5-21(16)30/h2-5,10-12,14H,6-9,13H2,1H3,(H,31,38)(H,33,39)(H,32,34,35,40). The number of hydrogen-bond acceptors (Lipinski definition) is 7. The molecule has 2 aromatic carbocycles. The Morgan fingerprint density at radius 3 is 2.60 bits per heavy atom. The van der Waals surface area contributed by atoms with Gasteiger partial charge in [-0.15, -0.1) is 0 Å². The van der Waals surface area contributed by atoms with E-state index in [0.717, 1.165) is 44.4 Å². The molecular weight excluding hydrogens is 544 g/mol. The van der Waals surface area contributed by atoms with Crippen molar-refractivity contribution in [1.82, 2.24) is 25.2 Å². The van der Waals surface area contributed by atoms with Crippen molar-refractivity contribution >= 4 is 46.1 Å². The second kappa shape index (κ2) is 11.4. The van der Waals surface area contributed by atoms with Gasteiger partial charge in [-0.3, -0.25) is 14.4 Å². The number of rotatable bonds is 6. The largest absolute Gasteiger partial charge is 0.348 e. The summed E-state index contributed by atoms with van der Waals surface area (Å²) in [4.78, 5) is 54.2. The highest BCUT2D eigenvalue weighted by Crippen LogP contribution is 2.24. The number of benzene rings is 2. The highest BCUT2D eigenvalue weighted by Gasteiger charge is 2.19. The lowest BCUT2D eigenvalue weighted by Gasteiger charge is -2.32. The Morgan fingerprint density at radius 2 is 1.82 bits per heavy atom. The number of aromatic amines is 1. The minimum atomic E-state index is -0.757. The van der Waals surface area contributed by atoms with Crippen LogP contribution in [0.3, 0.4) is 0 Å². The fourth-order valence-electron chi connectivity index (χ4n) is 4.22. The molecule has 2 amide bonds. The summed E-state index contributed by atoms with van der Waals surface area (Å²) >= 11 is 6.23. The van der Waals surface area contributed by atoms with Gasteiger partial charge in [0, 0.05) is 55.4 Å². The van der Waals surface area contributed by atoms with E-state index in [1.54, 1.807) is 6.20 Å². The van der Waals surface area contributed by atoms with Gasteiger partial charge in [0.05, 0.1) is 10.7 Å². The third-order valence-corrected chi connectivity index (χ3v) is 6.86. The van der Waals surface area contributed by atoms with Crippen LogP contribution >= 0.6 is 11.6 Å². The van der Waals surface area contributed by atoms with Gasteiger partial charge in [0.25, 0.3) is 17.4 Å². The predicted octanol–water partition coefficient (Wildman–Crippen LogP) is 3.18. The molecule has 1 aliphatic heterocycles. The summed E-state index contributed by atoms with van der Waals surface area (Å²) < 4.78 is 27.3. The molecule has 1 saturated heterocycles. The molecule has 1 fully saturated rings. The Morgan fingerprint density at radius 1 is 1.05 bits per heavy atom. The summed E-state index contributed by atoms with van der Waals surface area (Å²) in [6.07, 6.45) is 1.54. The van der Waals surface area contributed by atoms with Crippen molar-refractivity contribution in [3.8, 4) is 0 Å². The van der Waals surface area contributed by atoms with Crippen molar-refractivity contribution in [3.63, 3.8) is 0 Å². The van der Waals surface area contributed by atoms with E-state index in [9.17, 15) is 23.2 Å². The molecular formula is C27H24ClF2N7O3. The van der Waals surface area contributed by atoms with Gasteiger partial charge in [0.1, 0.15) is 22.8 Å². The fourth-order valence-corrected chi connectivity index (χ4v) is 4.38. The van der Waals surface area contributed by atoms with E-state index in [-0.39, 0.29) is 33.9 Å². The first-order chi connectivity index (χ1) is 19.2. The number of H-pyrrole nitrogens is 1. The number of hydrogen-bond donors (Lipinski definition) is 3. The third kappa shape index (κ3) is 5.92. The summed E-state index contributed by atoms with van der Waals surface area (Å²) in [5, 5.41) is 5.64. The normalized spacial score (nSPS) is 13.8. The van der Waals surface area contributed by atoms with Crippen LogP contribution in [-0.2, 0) is 6.54 Å². The topological polar surface area (TPSA) is 123 Å². The summed E-state index contributed by atoms with van der Waals surface area (Å²) in [6.45, 7) is 3.00. The number of amides is 2. The number of carbonyl (C=O) groups is 2. The van der Waals surface area contributed by atoms with Crippen LogP contribution in [0.1, 0.15) is 26.3 Å². The van der Waals surface area contributed by atoms with Crippen molar-refractivity contribution in [3.05, 3.63) is 92.4 Å². The van der Waals surface area contributed by atoms with E-state index in [0.29, 0.717) is 17.0 Å². The average molecular weight is 568 g/mol. The number of nitrogens with one attached hydrogen (secondary N) is 3. The number of pyridine rings is 1. The van der Waals surface area contributed by atoms with Crippen LogP contribution in [0.5, 0.6) is 0 Å². The maximum Gasteiger partial charge on any atom is 0.262 e. The number of nitrogens with zero attached hydrogens (tertiary/aromatic N) is 4. The van der Waals surface area contributed by atoms with Crippen molar-refractivity contribution in [2.45, 2.75) is 6.54 Å². The molecule has 5 rings (SSSR count). The maximum atomic E-state index is 13.9. The molecule has 0 unspecified atom stereocenters. The van der Waals surface area contributed by atoms with E-state index in [1.807, 2.05) is 11.9 Å². The van der Waals surface area contributed by atoms with Gasteiger partial charge in [0.2, 0.25) is 5.95 Å². The molecule has 3 N–H and O–H groups in total. The number of likely N-dealkylation sites (N-methyl/N-ethyl adjacent to an activating group) is 1. The Bertz CT molecular complexity index is 1670. The molecule has 1 aliphatic rings. The van der Waals surface area contributed by atoms with Crippen LogP contribution in [0.2, 0.25) is 5.02 Å². The van der Waals surface area contributed by atoms with Crippen LogP contribution in [0, 0.1) is 11.6 Å². The third-order valence-electron chi connectivity index (χ3n) is 6.54. The summed E-state index contributed by atoms with van der Waals surface area (Å²) in [6, 6.07) is 8.45. The minimum Gasteiger partial charge on any atom is -0.348 e. The Kier molecular flexibility index (Phi) is 7.71. The van der Waals surface area contributed by atoms with Crippen molar-refractivity contribution in [2.24, 2.45) is 0 Å². The Labute approximate surface area is 232 Å². The lowest BCUT2D eigenvalue weighted by atomic mass is 10.1. The maximum absolute atomic E-state index is 13.9. The Hall–Kier alpha value is -4.42. The SMILES string of the molecule is CN1CCN(c2ncc3cc(C(=O)Nc4cc(C(=O)NCc5cc(F)ccc5F)ccc4Cl)c(=O)[nH]c3n2)CC1. The van der Waals surface area contributed by atoms with Crippen LogP contribution in [0.15, 0.2) is 53.5 Å². The van der Waals surface area contributed by atoms with Crippen molar-refractivity contribution < 1.29 is 18.4 Å². The Balaban J connectivity index is 1.31. The van der Waals surface area contributed by atoms with Crippen LogP contribution in [-0.4, -0.2) is 64.9 Å². The molecule has 0 aliphatic carbocycles. The zero-order valence-electron chi connectivity index (χ0n) is 21.3. The summed E-state index contributed by atoms with van der Waals surface area (Å²) in [5.41, 5.74) is -0.389. The van der Waals surface area contributed by atoms with E-state index in [4.69, 9.17) is 11.6 Å². The molecule has 40 heavy (non-hydrogen) atoms. The van der Waals surface area contributed by atoms with E-state index >= 15 is 0 Å². The highest BCUT2D eigenvalue weighted by molar-refractivity contribution is 6.34. The van der Waals surface area contributed by atoms with Crippen molar-refractivity contribution in [2.75, 3.05) is 43.4 Å². The number of carbonyl (C=O) groups excluding carboxylic acids is 2. The quantitative estimate of drug-likeness (QED) is 0.327. The second-order valence-corrected chi connectivity index (χ2v) is 9.75. The monoisotopic (exact) mass is 567 g/mol. The smallest absolute Gasteiger partial charge is 0.262 e. The predicted molar refractivity (Wildman–Crippen MR) is 147 cm³/mol. The minimum absolute atomic E-state index is 0.0222. The first-order valence-corrected chi connectivity index (χ1v) is 12.7. The van der Waals surface area contributed by atoms with Crippen LogP contribution in [0.4, 0.5) is 20.4 Å².